The lowest BCUT2D eigenvalue weighted by atomic mass is 10.1. The third kappa shape index (κ3) is 3.44. The highest BCUT2D eigenvalue weighted by Crippen LogP contribution is 2.17. The van der Waals surface area contributed by atoms with Crippen LogP contribution in [0.25, 0.3) is 0 Å². The summed E-state index contributed by atoms with van der Waals surface area (Å²) in [4.78, 5) is 7.08. The molecular weight excluding hydrogens is 276 g/mol. The van der Waals surface area contributed by atoms with Gasteiger partial charge in [0.05, 0.1) is 11.4 Å². The Morgan fingerprint density at radius 2 is 2.20 bits per heavy atom. The molecule has 2 rings (SSSR count). The third-order valence-electron chi connectivity index (χ3n) is 3.09. The van der Waals surface area contributed by atoms with Gasteiger partial charge in [0, 0.05) is 18.4 Å². The number of sulfonamides is 1. The van der Waals surface area contributed by atoms with Crippen LogP contribution in [0.15, 0.2) is 41.6 Å². The van der Waals surface area contributed by atoms with E-state index in [2.05, 4.69) is 20.0 Å². The largest absolute Gasteiger partial charge is 0.347 e. The number of benzene rings is 1. The fourth-order valence-corrected chi connectivity index (χ4v) is 2.80. The number of imidazole rings is 1. The average molecular weight is 294 g/mol. The van der Waals surface area contributed by atoms with Crippen LogP contribution in [0.3, 0.4) is 0 Å². The number of H-pyrrole nitrogens is 1. The van der Waals surface area contributed by atoms with E-state index in [1.165, 1.54) is 0 Å². The lowest BCUT2D eigenvalue weighted by Gasteiger charge is -2.12. The average Bonchev–Trinajstić information content (AvgIpc) is 2.98. The molecule has 0 aliphatic heterocycles. The van der Waals surface area contributed by atoms with E-state index in [4.69, 9.17) is 0 Å². The van der Waals surface area contributed by atoms with Crippen LogP contribution >= 0.6 is 0 Å². The molecule has 1 aromatic carbocycles. The van der Waals surface area contributed by atoms with Gasteiger partial charge in [0.2, 0.25) is 10.0 Å². The zero-order valence-corrected chi connectivity index (χ0v) is 12.2. The molecule has 1 heterocycles. The van der Waals surface area contributed by atoms with Gasteiger partial charge >= 0.3 is 0 Å². The van der Waals surface area contributed by atoms with Crippen molar-refractivity contribution < 1.29 is 8.42 Å². The Labute approximate surface area is 118 Å². The highest BCUT2D eigenvalue weighted by atomic mass is 32.2. The fourth-order valence-electron chi connectivity index (χ4n) is 1.76. The van der Waals surface area contributed by atoms with Crippen molar-refractivity contribution in [3.8, 4) is 0 Å². The molecule has 0 spiro atoms. The van der Waals surface area contributed by atoms with E-state index in [1.54, 1.807) is 30.6 Å². The molecule has 7 heteroatoms. The second kappa shape index (κ2) is 6.17. The minimum Gasteiger partial charge on any atom is -0.347 e. The molecule has 1 aromatic heterocycles. The van der Waals surface area contributed by atoms with Crippen molar-refractivity contribution in [3.63, 3.8) is 0 Å². The number of hydrogen-bond acceptors (Lipinski definition) is 4. The lowest BCUT2D eigenvalue weighted by molar-refractivity contribution is 0.579. The van der Waals surface area contributed by atoms with Gasteiger partial charge in [0.25, 0.3) is 0 Å². The molecule has 1 unspecified atom stereocenters. The molecule has 108 valence electrons. The molecular formula is C13H18N4O2S. The molecule has 1 atom stereocenters. The summed E-state index contributed by atoms with van der Waals surface area (Å²) in [6.07, 6.45) is 3.23. The topological polar surface area (TPSA) is 86.9 Å². The van der Waals surface area contributed by atoms with E-state index in [0.29, 0.717) is 5.82 Å². The number of aromatic nitrogens is 2. The first-order valence-electron chi connectivity index (χ1n) is 6.28. The SMILES string of the molecule is CNC(C)c1cccc(S(=O)(=O)NCc2ncc[nH]2)c1. The summed E-state index contributed by atoms with van der Waals surface area (Å²) >= 11 is 0. The predicted octanol–water partition coefficient (Wildman–Crippen LogP) is 1.17. The van der Waals surface area contributed by atoms with Gasteiger partial charge < -0.3 is 10.3 Å². The molecule has 2 aromatic rings. The van der Waals surface area contributed by atoms with E-state index in [-0.39, 0.29) is 17.5 Å². The molecule has 20 heavy (non-hydrogen) atoms. The fraction of sp³-hybridized carbons (Fsp3) is 0.308. The first kappa shape index (κ1) is 14.7. The Kier molecular flexibility index (Phi) is 4.53. The number of nitrogens with one attached hydrogen (secondary N) is 3. The molecule has 0 saturated heterocycles. The minimum atomic E-state index is -3.54. The summed E-state index contributed by atoms with van der Waals surface area (Å²) in [5.41, 5.74) is 0.924. The van der Waals surface area contributed by atoms with Gasteiger partial charge in [-0.3, -0.25) is 0 Å². The van der Waals surface area contributed by atoms with Gasteiger partial charge in [0.1, 0.15) is 5.82 Å². The van der Waals surface area contributed by atoms with Crippen LogP contribution in [0.4, 0.5) is 0 Å². The highest BCUT2D eigenvalue weighted by Gasteiger charge is 2.15. The quantitative estimate of drug-likeness (QED) is 0.746. The van der Waals surface area contributed by atoms with Gasteiger partial charge in [-0.1, -0.05) is 12.1 Å². The number of nitrogens with zero attached hydrogens (tertiary/aromatic N) is 1. The van der Waals surface area contributed by atoms with Crippen molar-refractivity contribution in [2.75, 3.05) is 7.05 Å². The van der Waals surface area contributed by atoms with Crippen LogP contribution in [0, 0.1) is 0 Å². The Morgan fingerprint density at radius 3 is 2.85 bits per heavy atom. The maximum atomic E-state index is 12.2. The second-order valence-electron chi connectivity index (χ2n) is 4.44. The van der Waals surface area contributed by atoms with E-state index >= 15 is 0 Å². The summed E-state index contributed by atoms with van der Waals surface area (Å²) in [5.74, 6) is 0.577. The maximum absolute atomic E-state index is 12.2. The zero-order chi connectivity index (χ0) is 14.6. The first-order valence-corrected chi connectivity index (χ1v) is 7.76. The normalized spacial score (nSPS) is 13.3. The molecule has 0 bridgehead atoms. The monoisotopic (exact) mass is 294 g/mol. The molecule has 6 nitrogen and oxygen atoms in total. The van der Waals surface area contributed by atoms with Crippen molar-refractivity contribution in [1.82, 2.24) is 20.0 Å². The van der Waals surface area contributed by atoms with E-state index in [9.17, 15) is 8.42 Å². The summed E-state index contributed by atoms with van der Waals surface area (Å²) < 4.78 is 27.0. The summed E-state index contributed by atoms with van der Waals surface area (Å²) in [7, 11) is -1.70. The van der Waals surface area contributed by atoms with Crippen LogP contribution in [0.2, 0.25) is 0 Å². The number of hydrogen-bond donors (Lipinski definition) is 3. The summed E-state index contributed by atoms with van der Waals surface area (Å²) in [5, 5.41) is 3.08. The van der Waals surface area contributed by atoms with Gasteiger partial charge in [-0.25, -0.2) is 18.1 Å². The van der Waals surface area contributed by atoms with Crippen molar-refractivity contribution in [2.24, 2.45) is 0 Å². The molecule has 0 fully saturated rings. The third-order valence-corrected chi connectivity index (χ3v) is 4.48. The zero-order valence-electron chi connectivity index (χ0n) is 11.4. The van der Waals surface area contributed by atoms with Crippen molar-refractivity contribution in [1.29, 1.82) is 0 Å². The van der Waals surface area contributed by atoms with Crippen LogP contribution in [0.5, 0.6) is 0 Å². The Morgan fingerprint density at radius 1 is 1.40 bits per heavy atom. The van der Waals surface area contributed by atoms with Crippen LogP contribution in [0.1, 0.15) is 24.4 Å². The second-order valence-corrected chi connectivity index (χ2v) is 6.21. The summed E-state index contributed by atoms with van der Waals surface area (Å²) in [6, 6.07) is 6.98. The molecule has 3 N–H and O–H groups in total. The number of aromatic amines is 1. The first-order chi connectivity index (χ1) is 9.53. The molecule has 0 aliphatic carbocycles. The predicted molar refractivity (Wildman–Crippen MR) is 76.5 cm³/mol. The van der Waals surface area contributed by atoms with Gasteiger partial charge in [-0.2, -0.15) is 0 Å². The molecule has 0 amide bonds. The molecule has 0 radical (unpaired) electrons. The van der Waals surface area contributed by atoms with E-state index < -0.39 is 10.0 Å². The van der Waals surface area contributed by atoms with E-state index in [0.717, 1.165) is 5.56 Å². The lowest BCUT2D eigenvalue weighted by Crippen LogP contribution is -2.24. The van der Waals surface area contributed by atoms with Crippen molar-refractivity contribution in [2.45, 2.75) is 24.4 Å². The van der Waals surface area contributed by atoms with Crippen molar-refractivity contribution in [3.05, 3.63) is 48.0 Å². The highest BCUT2D eigenvalue weighted by molar-refractivity contribution is 7.89. The minimum absolute atomic E-state index is 0.0928. The van der Waals surface area contributed by atoms with Crippen LogP contribution in [-0.2, 0) is 16.6 Å². The van der Waals surface area contributed by atoms with Gasteiger partial charge in [-0.05, 0) is 31.7 Å². The van der Waals surface area contributed by atoms with Crippen LogP contribution in [-0.4, -0.2) is 25.4 Å². The van der Waals surface area contributed by atoms with Crippen molar-refractivity contribution >= 4 is 10.0 Å². The Balaban J connectivity index is 2.16. The summed E-state index contributed by atoms with van der Waals surface area (Å²) in [6.45, 7) is 2.11. The maximum Gasteiger partial charge on any atom is 0.240 e. The Hall–Kier alpha value is -1.70. The van der Waals surface area contributed by atoms with Crippen LogP contribution < -0.4 is 10.0 Å². The van der Waals surface area contributed by atoms with E-state index in [1.807, 2.05) is 20.0 Å². The van der Waals surface area contributed by atoms with Gasteiger partial charge in [-0.15, -0.1) is 0 Å². The standard InChI is InChI=1S/C13H18N4O2S/c1-10(14-2)11-4-3-5-12(8-11)20(18,19)17-9-13-15-6-7-16-13/h3-8,10,14,17H,9H2,1-2H3,(H,15,16). The smallest absolute Gasteiger partial charge is 0.240 e. The molecule has 0 saturated carbocycles. The number of rotatable bonds is 6. The van der Waals surface area contributed by atoms with Gasteiger partial charge in [0.15, 0.2) is 0 Å². The Bertz CT molecular complexity index is 653. The molecule has 0 aliphatic rings.